The first-order valence-corrected chi connectivity index (χ1v) is 19.5. The van der Waals surface area contributed by atoms with Gasteiger partial charge in [-0.25, -0.2) is 4.79 Å². The van der Waals surface area contributed by atoms with Gasteiger partial charge in [0.15, 0.2) is 0 Å². The first kappa shape index (κ1) is 39.9. The highest BCUT2D eigenvalue weighted by Gasteiger charge is 2.25. The average molecular weight is 744 g/mol. The topological polar surface area (TPSA) is 44.8 Å². The monoisotopic (exact) mass is 743 g/mol. The largest absolute Gasteiger partial charge is 0.460 e. The van der Waals surface area contributed by atoms with Crippen LogP contribution in [0.3, 0.4) is 0 Å². The van der Waals surface area contributed by atoms with Crippen LogP contribution in [0.1, 0.15) is 76.8 Å². The van der Waals surface area contributed by atoms with Gasteiger partial charge in [0.25, 0.3) is 0 Å². The minimum atomic E-state index is -0.513. The summed E-state index contributed by atoms with van der Waals surface area (Å²) in [5, 5.41) is 5.95. The zero-order chi connectivity index (χ0) is 40.5. The summed E-state index contributed by atoms with van der Waals surface area (Å²) in [5.41, 5.74) is 16.9. The summed E-state index contributed by atoms with van der Waals surface area (Å²) < 4.78 is 5.57. The number of aryl methyl sites for hydroxylation is 6. The number of nitrogens with one attached hydrogen (secondary N) is 1. The molecule has 6 aromatic carbocycles. The van der Waals surface area contributed by atoms with Crippen LogP contribution in [0, 0.1) is 41.5 Å². The van der Waals surface area contributed by atoms with E-state index in [2.05, 4.69) is 187 Å². The minimum absolute atomic E-state index is 0.0390. The molecule has 5 nitrogen and oxygen atoms in total. The molecular formula is C51H57N3O2. The molecule has 0 aliphatic rings. The standard InChI is InChI=1S/C51H57N3O2/c1-32(2)50(55)56-31-51(9,10)52-46-26-25-45(43-15-13-14-16-44(43)46)47(39-17-21-41(22-18-39)53(11)48-35(5)27-33(3)28-36(48)6)40-19-23-42(24-20-40)54(12)49-37(7)29-34(4)30-38(49)8/h13-30,47,52H,1,31H2,2-12H3. The number of fused-ring (bicyclic) bond motifs is 1. The van der Waals surface area contributed by atoms with Gasteiger partial charge in [-0.05, 0) is 137 Å². The molecule has 0 atom stereocenters. The Balaban J connectivity index is 1.43. The van der Waals surface area contributed by atoms with Gasteiger partial charge in [-0.1, -0.05) is 96.6 Å². The summed E-state index contributed by atoms with van der Waals surface area (Å²) in [7, 11) is 4.31. The predicted molar refractivity (Wildman–Crippen MR) is 239 cm³/mol. The number of carbonyl (C=O) groups excluding carboxylic acids is 1. The Morgan fingerprint density at radius 3 is 1.52 bits per heavy atom. The number of ether oxygens (including phenoxy) is 1. The van der Waals surface area contributed by atoms with Crippen molar-refractivity contribution < 1.29 is 9.53 Å². The van der Waals surface area contributed by atoms with Crippen molar-refractivity contribution in [3.8, 4) is 0 Å². The van der Waals surface area contributed by atoms with Crippen molar-refractivity contribution in [3.63, 3.8) is 0 Å². The van der Waals surface area contributed by atoms with E-state index in [-0.39, 0.29) is 18.5 Å². The van der Waals surface area contributed by atoms with Gasteiger partial charge < -0.3 is 19.9 Å². The third-order valence-corrected chi connectivity index (χ3v) is 10.8. The lowest BCUT2D eigenvalue weighted by Crippen LogP contribution is -2.37. The van der Waals surface area contributed by atoms with E-state index in [1.807, 2.05) is 13.8 Å². The summed E-state index contributed by atoms with van der Waals surface area (Å²) in [5.74, 6) is -0.423. The van der Waals surface area contributed by atoms with Gasteiger partial charge in [-0.3, -0.25) is 0 Å². The number of hydrogen-bond donors (Lipinski definition) is 1. The third kappa shape index (κ3) is 8.38. The van der Waals surface area contributed by atoms with Crippen molar-refractivity contribution in [2.75, 3.05) is 35.8 Å². The highest BCUT2D eigenvalue weighted by atomic mass is 16.5. The first-order chi connectivity index (χ1) is 26.5. The Kier molecular flexibility index (Phi) is 11.5. The van der Waals surface area contributed by atoms with Crippen molar-refractivity contribution in [3.05, 3.63) is 171 Å². The maximum Gasteiger partial charge on any atom is 0.333 e. The first-order valence-electron chi connectivity index (χ1n) is 19.5. The summed E-state index contributed by atoms with van der Waals surface area (Å²) in [6, 6.07) is 40.2. The lowest BCUT2D eigenvalue weighted by Gasteiger charge is -2.29. The lowest BCUT2D eigenvalue weighted by atomic mass is 9.82. The van der Waals surface area contributed by atoms with E-state index >= 15 is 0 Å². The summed E-state index contributed by atoms with van der Waals surface area (Å²) in [6.45, 7) is 22.8. The van der Waals surface area contributed by atoms with Crippen LogP contribution in [0.15, 0.2) is 121 Å². The molecule has 0 fully saturated rings. The molecule has 0 aliphatic carbocycles. The van der Waals surface area contributed by atoms with E-state index in [0.29, 0.717) is 5.57 Å². The fourth-order valence-corrected chi connectivity index (χ4v) is 8.45. The molecular weight excluding hydrogens is 687 g/mol. The summed E-state index contributed by atoms with van der Waals surface area (Å²) in [4.78, 5) is 16.8. The zero-order valence-electron chi connectivity index (χ0n) is 35.1. The normalized spacial score (nSPS) is 11.5. The maximum absolute atomic E-state index is 12.2. The van der Waals surface area contributed by atoms with Crippen LogP contribution in [-0.2, 0) is 9.53 Å². The molecule has 0 aliphatic heterocycles. The molecule has 6 rings (SSSR count). The number of nitrogens with zero attached hydrogens (tertiary/aromatic N) is 2. The second-order valence-electron chi connectivity index (χ2n) is 16.3. The number of hydrogen-bond acceptors (Lipinski definition) is 5. The van der Waals surface area contributed by atoms with E-state index in [9.17, 15) is 4.79 Å². The molecule has 0 amide bonds. The maximum atomic E-state index is 12.2. The van der Waals surface area contributed by atoms with Gasteiger partial charge in [0.2, 0.25) is 0 Å². The molecule has 0 saturated carbocycles. The molecule has 1 N–H and O–H groups in total. The molecule has 56 heavy (non-hydrogen) atoms. The van der Waals surface area contributed by atoms with Crippen molar-refractivity contribution in [2.24, 2.45) is 0 Å². The van der Waals surface area contributed by atoms with E-state index in [1.54, 1.807) is 6.92 Å². The highest BCUT2D eigenvalue weighted by molar-refractivity contribution is 5.97. The van der Waals surface area contributed by atoms with Gasteiger partial charge in [0.1, 0.15) is 6.61 Å². The number of anilines is 5. The molecule has 0 aromatic heterocycles. The SMILES string of the molecule is C=C(C)C(=O)OCC(C)(C)Nc1ccc(C(c2ccc(N(C)c3c(C)cc(C)cc3C)cc2)c2ccc(N(C)c3c(C)cc(C)cc3C)cc2)c2ccccc12. The van der Waals surface area contributed by atoms with Gasteiger partial charge in [-0.2, -0.15) is 0 Å². The summed E-state index contributed by atoms with van der Waals surface area (Å²) in [6.07, 6.45) is 0. The van der Waals surface area contributed by atoms with Gasteiger partial charge in [-0.15, -0.1) is 0 Å². The van der Waals surface area contributed by atoms with Gasteiger partial charge in [0.05, 0.1) is 5.54 Å². The Labute approximate surface area is 334 Å². The van der Waals surface area contributed by atoms with Crippen LogP contribution < -0.4 is 15.1 Å². The quantitative estimate of drug-likeness (QED) is 0.0768. The molecule has 5 heteroatoms. The van der Waals surface area contributed by atoms with Crippen LogP contribution >= 0.6 is 0 Å². The number of carbonyl (C=O) groups is 1. The second kappa shape index (κ2) is 16.1. The Morgan fingerprint density at radius 2 is 1.09 bits per heavy atom. The zero-order valence-corrected chi connectivity index (χ0v) is 35.1. The minimum Gasteiger partial charge on any atom is -0.460 e. The lowest BCUT2D eigenvalue weighted by molar-refractivity contribution is -0.140. The smallest absolute Gasteiger partial charge is 0.333 e. The molecule has 6 aromatic rings. The molecule has 288 valence electrons. The second-order valence-corrected chi connectivity index (χ2v) is 16.3. The Morgan fingerprint density at radius 1 is 0.661 bits per heavy atom. The fraction of sp³-hybridized carbons (Fsp3) is 0.275. The van der Waals surface area contributed by atoms with E-state index in [1.165, 1.54) is 61.4 Å². The highest BCUT2D eigenvalue weighted by Crippen LogP contribution is 2.41. The van der Waals surface area contributed by atoms with Crippen molar-refractivity contribution in [1.29, 1.82) is 0 Å². The van der Waals surface area contributed by atoms with Crippen LogP contribution in [0.2, 0.25) is 0 Å². The predicted octanol–water partition coefficient (Wildman–Crippen LogP) is 12.7. The average Bonchev–Trinajstić information content (AvgIpc) is 3.14. The Bertz CT molecular complexity index is 2250. The molecule has 0 saturated heterocycles. The van der Waals surface area contributed by atoms with Crippen LogP contribution in [0.25, 0.3) is 10.8 Å². The molecule has 0 unspecified atom stereocenters. The van der Waals surface area contributed by atoms with Crippen molar-refractivity contribution in [2.45, 2.75) is 73.8 Å². The molecule has 0 bridgehead atoms. The molecule has 0 spiro atoms. The third-order valence-electron chi connectivity index (χ3n) is 10.8. The Hall–Kier alpha value is -5.81. The van der Waals surface area contributed by atoms with Gasteiger partial charge in [0, 0.05) is 59.4 Å². The fourth-order valence-electron chi connectivity index (χ4n) is 8.45. The van der Waals surface area contributed by atoms with E-state index in [4.69, 9.17) is 4.74 Å². The number of benzene rings is 6. The van der Waals surface area contributed by atoms with E-state index < -0.39 is 5.54 Å². The number of esters is 1. The van der Waals surface area contributed by atoms with Crippen LogP contribution in [0.4, 0.5) is 28.4 Å². The number of rotatable bonds is 12. The van der Waals surface area contributed by atoms with Crippen molar-refractivity contribution in [1.82, 2.24) is 0 Å². The molecule has 0 heterocycles. The molecule has 0 radical (unpaired) electrons. The summed E-state index contributed by atoms with van der Waals surface area (Å²) >= 11 is 0. The van der Waals surface area contributed by atoms with Crippen LogP contribution in [-0.4, -0.2) is 32.2 Å². The van der Waals surface area contributed by atoms with Crippen molar-refractivity contribution >= 4 is 45.2 Å². The van der Waals surface area contributed by atoms with E-state index in [0.717, 1.165) is 27.8 Å². The van der Waals surface area contributed by atoms with Gasteiger partial charge >= 0.3 is 5.97 Å². The van der Waals surface area contributed by atoms with Crippen LogP contribution in [0.5, 0.6) is 0 Å².